The van der Waals surface area contributed by atoms with Gasteiger partial charge in [-0.3, -0.25) is 14.4 Å². The minimum atomic E-state index is -0.450. The van der Waals surface area contributed by atoms with Gasteiger partial charge in [0.25, 0.3) is 5.91 Å². The van der Waals surface area contributed by atoms with Crippen molar-refractivity contribution >= 4 is 17.6 Å². The van der Waals surface area contributed by atoms with Gasteiger partial charge in [-0.1, -0.05) is 56.3 Å². The number of Topliss-reactive ketones (excluding diaryl/α,β-unsaturated/α-hetero) is 1. The smallest absolute Gasteiger partial charge is 0.255 e. The lowest BCUT2D eigenvalue weighted by Gasteiger charge is -2.30. The van der Waals surface area contributed by atoms with E-state index in [1.165, 1.54) is 5.56 Å². The van der Waals surface area contributed by atoms with Gasteiger partial charge in [-0.2, -0.15) is 0 Å². The Bertz CT molecular complexity index is 1060. The van der Waals surface area contributed by atoms with Crippen LogP contribution in [0.2, 0.25) is 0 Å². The molecule has 2 aromatic rings. The van der Waals surface area contributed by atoms with E-state index in [-0.39, 0.29) is 17.6 Å². The summed E-state index contributed by atoms with van der Waals surface area (Å²) in [5.74, 6) is -0.0386. The summed E-state index contributed by atoms with van der Waals surface area (Å²) in [5.41, 5.74) is 5.71. The number of allylic oxidation sites excluding steroid dienone is 1. The van der Waals surface area contributed by atoms with Crippen molar-refractivity contribution in [2.24, 2.45) is 0 Å². The van der Waals surface area contributed by atoms with Gasteiger partial charge in [-0.25, -0.2) is 0 Å². The number of carbonyl (C=O) groups is 3. The maximum absolute atomic E-state index is 12.8. The van der Waals surface area contributed by atoms with Crippen LogP contribution in [-0.2, 0) is 35.4 Å². The summed E-state index contributed by atoms with van der Waals surface area (Å²) >= 11 is 0. The average Bonchev–Trinajstić information content (AvgIpc) is 3.09. The first-order chi connectivity index (χ1) is 15.4. The summed E-state index contributed by atoms with van der Waals surface area (Å²) in [4.78, 5) is 39.3. The number of piperidine rings is 1. The molecule has 2 heterocycles. The highest BCUT2D eigenvalue weighted by Crippen LogP contribution is 2.29. The molecule has 1 fully saturated rings. The third-order valence-corrected chi connectivity index (χ3v) is 6.36. The molecule has 2 aliphatic heterocycles. The fourth-order valence-corrected chi connectivity index (χ4v) is 4.58. The zero-order valence-electron chi connectivity index (χ0n) is 18.7. The summed E-state index contributed by atoms with van der Waals surface area (Å²) in [6.07, 6.45) is 5.04. The van der Waals surface area contributed by atoms with Crippen LogP contribution in [-0.4, -0.2) is 28.5 Å². The number of rotatable bonds is 8. The van der Waals surface area contributed by atoms with Crippen molar-refractivity contribution in [3.05, 3.63) is 82.6 Å². The van der Waals surface area contributed by atoms with Crippen LogP contribution in [0.15, 0.2) is 54.7 Å². The molecular formula is C27H30N2O3. The van der Waals surface area contributed by atoms with Crippen molar-refractivity contribution in [1.29, 1.82) is 0 Å². The molecule has 0 saturated carbocycles. The molecule has 1 N–H and O–H groups in total. The molecular weight excluding hydrogens is 400 g/mol. The standard InChI is InChI=1S/C27H30N2O3/c1-3-4-19-6-8-21(9-7-19)16-23(30)12-10-20-11-13-24-22(15-20)17-29(27(24)32)25-14-5-18(2)28-26(25)31/h6-9,11,13,15,25H,2-5,10,12,14,16-17H2,1H3,(H,28,31). The van der Waals surface area contributed by atoms with Crippen LogP contribution < -0.4 is 5.32 Å². The van der Waals surface area contributed by atoms with Crippen molar-refractivity contribution in [1.82, 2.24) is 10.2 Å². The van der Waals surface area contributed by atoms with E-state index in [1.54, 1.807) is 4.90 Å². The summed E-state index contributed by atoms with van der Waals surface area (Å²) in [7, 11) is 0. The minimum Gasteiger partial charge on any atom is -0.329 e. The quantitative estimate of drug-likeness (QED) is 0.685. The van der Waals surface area contributed by atoms with Crippen LogP contribution in [0.4, 0.5) is 0 Å². The van der Waals surface area contributed by atoms with E-state index in [1.807, 2.05) is 18.2 Å². The van der Waals surface area contributed by atoms with Gasteiger partial charge in [0.2, 0.25) is 5.91 Å². The third kappa shape index (κ3) is 4.82. The number of carbonyl (C=O) groups excluding carboxylic acids is 3. The molecule has 2 aromatic carbocycles. The molecule has 0 bridgehead atoms. The lowest BCUT2D eigenvalue weighted by Crippen LogP contribution is -2.49. The number of amides is 2. The molecule has 2 aliphatic rings. The summed E-state index contributed by atoms with van der Waals surface area (Å²) in [6, 6.07) is 13.6. The molecule has 0 aliphatic carbocycles. The molecule has 32 heavy (non-hydrogen) atoms. The Morgan fingerprint density at radius 2 is 1.78 bits per heavy atom. The average molecular weight is 431 g/mol. The molecule has 0 radical (unpaired) electrons. The normalized spacial score (nSPS) is 18.0. The van der Waals surface area contributed by atoms with Gasteiger partial charge in [0.05, 0.1) is 0 Å². The molecule has 0 spiro atoms. The first-order valence-electron chi connectivity index (χ1n) is 11.5. The molecule has 2 amide bonds. The predicted octanol–water partition coefficient (Wildman–Crippen LogP) is 4.13. The molecule has 0 aromatic heterocycles. The highest BCUT2D eigenvalue weighted by Gasteiger charge is 2.38. The number of benzene rings is 2. The number of nitrogens with one attached hydrogen (secondary N) is 1. The summed E-state index contributed by atoms with van der Waals surface area (Å²) in [5, 5.41) is 2.76. The zero-order chi connectivity index (χ0) is 22.7. The maximum Gasteiger partial charge on any atom is 0.255 e. The lowest BCUT2D eigenvalue weighted by molar-refractivity contribution is -0.126. The van der Waals surface area contributed by atoms with E-state index in [4.69, 9.17) is 0 Å². The van der Waals surface area contributed by atoms with Gasteiger partial charge in [0.1, 0.15) is 11.8 Å². The van der Waals surface area contributed by atoms with Crippen molar-refractivity contribution in [2.75, 3.05) is 0 Å². The topological polar surface area (TPSA) is 66.5 Å². The Morgan fingerprint density at radius 3 is 2.50 bits per heavy atom. The molecule has 1 atom stereocenters. The number of nitrogens with zero attached hydrogens (tertiary/aromatic N) is 1. The van der Waals surface area contributed by atoms with E-state index >= 15 is 0 Å². The van der Waals surface area contributed by atoms with Crippen molar-refractivity contribution in [3.63, 3.8) is 0 Å². The van der Waals surface area contributed by atoms with E-state index in [0.717, 1.165) is 29.5 Å². The van der Waals surface area contributed by atoms with Crippen LogP contribution >= 0.6 is 0 Å². The Morgan fingerprint density at radius 1 is 1.06 bits per heavy atom. The van der Waals surface area contributed by atoms with Gasteiger partial charge in [-0.05, 0) is 54.0 Å². The molecule has 4 rings (SSSR count). The zero-order valence-corrected chi connectivity index (χ0v) is 18.7. The Hall–Kier alpha value is -3.21. The second-order valence-electron chi connectivity index (χ2n) is 8.85. The summed E-state index contributed by atoms with van der Waals surface area (Å²) < 4.78 is 0. The van der Waals surface area contributed by atoms with Crippen molar-refractivity contribution in [3.8, 4) is 0 Å². The van der Waals surface area contributed by atoms with Crippen LogP contribution in [0, 0.1) is 0 Å². The van der Waals surface area contributed by atoms with Gasteiger partial charge >= 0.3 is 0 Å². The second kappa shape index (κ2) is 9.51. The van der Waals surface area contributed by atoms with Crippen LogP contribution in [0.5, 0.6) is 0 Å². The SMILES string of the molecule is C=C1CCC(N2Cc3cc(CCC(=O)Cc4ccc(CCC)cc4)ccc3C2=O)C(=O)N1. The molecule has 5 heteroatoms. The number of hydrogen-bond donors (Lipinski definition) is 1. The molecule has 166 valence electrons. The van der Waals surface area contributed by atoms with Gasteiger partial charge in [-0.15, -0.1) is 0 Å². The Kier molecular flexibility index (Phi) is 6.54. The number of fused-ring (bicyclic) bond motifs is 1. The molecule has 5 nitrogen and oxygen atoms in total. The second-order valence-corrected chi connectivity index (χ2v) is 8.85. The van der Waals surface area contributed by atoms with E-state index in [2.05, 4.69) is 43.1 Å². The fraction of sp³-hybridized carbons (Fsp3) is 0.370. The highest BCUT2D eigenvalue weighted by molar-refractivity contribution is 6.01. The van der Waals surface area contributed by atoms with E-state index in [9.17, 15) is 14.4 Å². The maximum atomic E-state index is 12.8. The highest BCUT2D eigenvalue weighted by atomic mass is 16.2. The predicted molar refractivity (Wildman–Crippen MR) is 124 cm³/mol. The Balaban J connectivity index is 1.34. The number of ketones is 1. The van der Waals surface area contributed by atoms with Crippen molar-refractivity contribution < 1.29 is 14.4 Å². The first-order valence-corrected chi connectivity index (χ1v) is 11.5. The largest absolute Gasteiger partial charge is 0.329 e. The van der Waals surface area contributed by atoms with Gasteiger partial charge in [0, 0.05) is 30.6 Å². The van der Waals surface area contributed by atoms with Crippen LogP contribution in [0.1, 0.15) is 65.2 Å². The lowest BCUT2D eigenvalue weighted by atomic mass is 9.99. The van der Waals surface area contributed by atoms with Gasteiger partial charge in [0.15, 0.2) is 0 Å². The fourth-order valence-electron chi connectivity index (χ4n) is 4.58. The number of aryl methyl sites for hydroxylation is 2. The molecule has 1 unspecified atom stereocenters. The minimum absolute atomic E-state index is 0.0955. The van der Waals surface area contributed by atoms with Crippen LogP contribution in [0.3, 0.4) is 0 Å². The summed E-state index contributed by atoms with van der Waals surface area (Å²) in [6.45, 7) is 6.40. The third-order valence-electron chi connectivity index (χ3n) is 6.36. The van der Waals surface area contributed by atoms with Crippen LogP contribution in [0.25, 0.3) is 0 Å². The first kappa shape index (κ1) is 22.0. The van der Waals surface area contributed by atoms with Crippen molar-refractivity contribution in [2.45, 2.75) is 64.5 Å². The monoisotopic (exact) mass is 430 g/mol. The van der Waals surface area contributed by atoms with Gasteiger partial charge < -0.3 is 10.2 Å². The van der Waals surface area contributed by atoms with E-state index in [0.29, 0.717) is 49.9 Å². The number of hydrogen-bond acceptors (Lipinski definition) is 3. The molecule has 1 saturated heterocycles. The Labute approximate surface area is 189 Å². The van der Waals surface area contributed by atoms with E-state index < -0.39 is 6.04 Å².